The molecule has 7 heteroatoms. The summed E-state index contributed by atoms with van der Waals surface area (Å²) in [5, 5.41) is 21.1. The lowest BCUT2D eigenvalue weighted by molar-refractivity contribution is 0.0591. The zero-order valence-electron chi connectivity index (χ0n) is 18.9. The molecular formula is C26H26N6O. The zero-order valence-corrected chi connectivity index (χ0v) is 18.9. The molecule has 0 saturated heterocycles. The van der Waals surface area contributed by atoms with Gasteiger partial charge in [0.05, 0.1) is 29.6 Å². The van der Waals surface area contributed by atoms with E-state index in [0.29, 0.717) is 6.54 Å². The standard InChI is InChI=1S/C26H26N6O/c1-16-20(8-9-23-22(16)14-30-32(23)15-26(2,3)33)25-21-12-24(29-13-17(21)10-11-28-25)31-19-6-4-18(27)5-7-19/h4-14,33H,15,27H2,1-3H3,(H,29,31). The van der Waals surface area contributed by atoms with Crippen molar-refractivity contribution < 1.29 is 5.11 Å². The van der Waals surface area contributed by atoms with Crippen LogP contribution >= 0.6 is 0 Å². The Hall–Kier alpha value is -3.97. The minimum Gasteiger partial charge on any atom is -0.399 e. The number of nitrogens with zero attached hydrogens (tertiary/aromatic N) is 4. The van der Waals surface area contributed by atoms with Crippen LogP contribution in [0, 0.1) is 6.92 Å². The van der Waals surface area contributed by atoms with E-state index in [1.807, 2.05) is 65.7 Å². The number of benzene rings is 2. The Labute approximate surface area is 191 Å². The first-order chi connectivity index (χ1) is 15.8. The number of aromatic nitrogens is 4. The molecule has 0 unspecified atom stereocenters. The summed E-state index contributed by atoms with van der Waals surface area (Å²) >= 11 is 0. The Kier molecular flexibility index (Phi) is 4.98. The van der Waals surface area contributed by atoms with E-state index in [1.165, 1.54) is 0 Å². The molecule has 0 atom stereocenters. The summed E-state index contributed by atoms with van der Waals surface area (Å²) in [4.78, 5) is 9.29. The van der Waals surface area contributed by atoms with E-state index in [4.69, 9.17) is 10.7 Å². The third-order valence-electron chi connectivity index (χ3n) is 5.72. The highest BCUT2D eigenvalue weighted by Crippen LogP contribution is 2.34. The van der Waals surface area contributed by atoms with Crippen molar-refractivity contribution in [2.45, 2.75) is 32.9 Å². The van der Waals surface area contributed by atoms with Crippen molar-refractivity contribution in [1.29, 1.82) is 0 Å². The lowest BCUT2D eigenvalue weighted by Gasteiger charge is -2.18. The molecule has 4 N–H and O–H groups in total. The molecule has 2 aromatic carbocycles. The molecule has 166 valence electrons. The van der Waals surface area contributed by atoms with Crippen LogP contribution in [0.1, 0.15) is 19.4 Å². The molecule has 0 bridgehead atoms. The third-order valence-corrected chi connectivity index (χ3v) is 5.72. The maximum Gasteiger partial charge on any atom is 0.130 e. The summed E-state index contributed by atoms with van der Waals surface area (Å²) in [6.45, 7) is 6.08. The van der Waals surface area contributed by atoms with Gasteiger partial charge < -0.3 is 16.2 Å². The number of aryl methyl sites for hydroxylation is 1. The number of nitrogens with two attached hydrogens (primary N) is 1. The fourth-order valence-corrected chi connectivity index (χ4v) is 4.10. The summed E-state index contributed by atoms with van der Waals surface area (Å²) < 4.78 is 1.85. The number of aliphatic hydroxyl groups is 1. The monoisotopic (exact) mass is 438 g/mol. The molecule has 0 aliphatic heterocycles. The van der Waals surface area contributed by atoms with E-state index >= 15 is 0 Å². The highest BCUT2D eigenvalue weighted by Gasteiger charge is 2.18. The normalized spacial score (nSPS) is 11.9. The molecular weight excluding hydrogens is 412 g/mol. The highest BCUT2D eigenvalue weighted by molar-refractivity contribution is 5.99. The summed E-state index contributed by atoms with van der Waals surface area (Å²) in [6.07, 6.45) is 5.53. The number of rotatable bonds is 5. The Balaban J connectivity index is 1.59. The smallest absolute Gasteiger partial charge is 0.130 e. The molecule has 7 nitrogen and oxygen atoms in total. The van der Waals surface area contributed by atoms with Gasteiger partial charge >= 0.3 is 0 Å². The first-order valence-corrected chi connectivity index (χ1v) is 10.8. The Morgan fingerprint density at radius 1 is 1.00 bits per heavy atom. The maximum atomic E-state index is 10.2. The summed E-state index contributed by atoms with van der Waals surface area (Å²) in [7, 11) is 0. The predicted molar refractivity (Wildman–Crippen MR) is 133 cm³/mol. The van der Waals surface area contributed by atoms with Crippen LogP contribution in [0.15, 0.2) is 67.1 Å². The van der Waals surface area contributed by atoms with E-state index in [9.17, 15) is 5.11 Å². The number of pyridine rings is 2. The van der Waals surface area contributed by atoms with E-state index in [1.54, 1.807) is 13.8 Å². The lowest BCUT2D eigenvalue weighted by Crippen LogP contribution is -2.26. The quantitative estimate of drug-likeness (QED) is 0.332. The second kappa shape index (κ2) is 7.86. The van der Waals surface area contributed by atoms with Gasteiger partial charge in [-0.2, -0.15) is 5.10 Å². The van der Waals surface area contributed by atoms with E-state index in [0.717, 1.165) is 55.7 Å². The third kappa shape index (κ3) is 4.10. The van der Waals surface area contributed by atoms with Crippen LogP contribution in [0.5, 0.6) is 0 Å². The Morgan fingerprint density at radius 2 is 1.79 bits per heavy atom. The summed E-state index contributed by atoms with van der Waals surface area (Å²) in [6, 6.07) is 15.7. The van der Waals surface area contributed by atoms with E-state index < -0.39 is 5.60 Å². The van der Waals surface area contributed by atoms with Crippen LogP contribution in [0.4, 0.5) is 17.2 Å². The lowest BCUT2D eigenvalue weighted by atomic mass is 9.98. The molecule has 0 fully saturated rings. The molecule has 5 aromatic rings. The van der Waals surface area contributed by atoms with E-state index in [2.05, 4.69) is 28.4 Å². The number of hydrogen-bond acceptors (Lipinski definition) is 6. The van der Waals surface area contributed by atoms with Gasteiger partial charge in [-0.1, -0.05) is 6.07 Å². The molecule has 0 spiro atoms. The van der Waals surface area contributed by atoms with Crippen molar-refractivity contribution in [1.82, 2.24) is 19.7 Å². The predicted octanol–water partition coefficient (Wildman–Crippen LogP) is 5.05. The molecule has 0 aliphatic carbocycles. The molecule has 0 amide bonds. The molecule has 3 aromatic heterocycles. The van der Waals surface area contributed by atoms with Gasteiger partial charge in [-0.3, -0.25) is 9.67 Å². The second-order valence-corrected chi connectivity index (χ2v) is 8.98. The number of nitrogen functional groups attached to an aromatic ring is 1. The van der Waals surface area contributed by atoms with Gasteiger partial charge in [0.25, 0.3) is 0 Å². The van der Waals surface area contributed by atoms with E-state index in [-0.39, 0.29) is 0 Å². The van der Waals surface area contributed by atoms with Crippen molar-refractivity contribution in [3.05, 3.63) is 72.7 Å². The van der Waals surface area contributed by atoms with Gasteiger partial charge in [0.15, 0.2) is 0 Å². The second-order valence-electron chi connectivity index (χ2n) is 8.98. The van der Waals surface area contributed by atoms with Gasteiger partial charge in [-0.05, 0) is 68.8 Å². The van der Waals surface area contributed by atoms with Gasteiger partial charge in [0.2, 0.25) is 0 Å². The number of fused-ring (bicyclic) bond motifs is 2. The zero-order chi connectivity index (χ0) is 23.2. The van der Waals surface area contributed by atoms with Gasteiger partial charge in [0.1, 0.15) is 5.82 Å². The van der Waals surface area contributed by atoms with Crippen molar-refractivity contribution in [2.75, 3.05) is 11.1 Å². The van der Waals surface area contributed by atoms with Crippen LogP contribution in [-0.2, 0) is 6.54 Å². The van der Waals surface area contributed by atoms with Crippen molar-refractivity contribution in [2.24, 2.45) is 0 Å². The van der Waals surface area contributed by atoms with Crippen LogP contribution in [0.2, 0.25) is 0 Å². The van der Waals surface area contributed by atoms with Crippen LogP contribution in [0.25, 0.3) is 32.9 Å². The SMILES string of the molecule is Cc1c(-c2nccc3cnc(Nc4ccc(N)cc4)cc23)ccc2c1cnn2CC(C)(C)O. The average molecular weight is 439 g/mol. The largest absolute Gasteiger partial charge is 0.399 e. The summed E-state index contributed by atoms with van der Waals surface area (Å²) in [5.41, 5.74) is 10.6. The van der Waals surface area contributed by atoms with Crippen LogP contribution in [-0.4, -0.2) is 30.5 Å². The topological polar surface area (TPSA) is 102 Å². The molecule has 5 rings (SSSR count). The van der Waals surface area contributed by atoms with Gasteiger partial charge in [0, 0.05) is 45.5 Å². The summed E-state index contributed by atoms with van der Waals surface area (Å²) in [5.74, 6) is 0.734. The van der Waals surface area contributed by atoms with Crippen molar-refractivity contribution >= 4 is 38.9 Å². The number of hydrogen-bond donors (Lipinski definition) is 3. The Morgan fingerprint density at radius 3 is 2.55 bits per heavy atom. The minimum atomic E-state index is -0.844. The fourth-order valence-electron chi connectivity index (χ4n) is 4.10. The maximum absolute atomic E-state index is 10.2. The molecule has 3 heterocycles. The number of nitrogens with one attached hydrogen (secondary N) is 1. The first kappa shape index (κ1) is 20.9. The fraction of sp³-hybridized carbons (Fsp3) is 0.192. The van der Waals surface area contributed by atoms with Crippen molar-refractivity contribution in [3.63, 3.8) is 0 Å². The van der Waals surface area contributed by atoms with Crippen LogP contribution in [0.3, 0.4) is 0 Å². The molecule has 0 aliphatic rings. The van der Waals surface area contributed by atoms with Gasteiger partial charge in [-0.25, -0.2) is 4.98 Å². The van der Waals surface area contributed by atoms with Crippen molar-refractivity contribution in [3.8, 4) is 11.3 Å². The Bertz CT molecular complexity index is 1460. The minimum absolute atomic E-state index is 0.424. The highest BCUT2D eigenvalue weighted by atomic mass is 16.3. The first-order valence-electron chi connectivity index (χ1n) is 10.8. The molecule has 0 saturated carbocycles. The number of anilines is 3. The molecule has 0 radical (unpaired) electrons. The van der Waals surface area contributed by atoms with Gasteiger partial charge in [-0.15, -0.1) is 0 Å². The van der Waals surface area contributed by atoms with Crippen LogP contribution < -0.4 is 11.1 Å². The molecule has 33 heavy (non-hydrogen) atoms. The average Bonchev–Trinajstić information content (AvgIpc) is 3.17.